The van der Waals surface area contributed by atoms with E-state index in [0.717, 1.165) is 0 Å². The lowest BCUT2D eigenvalue weighted by Crippen LogP contribution is -2.22. The first-order valence-electron chi connectivity index (χ1n) is 5.53. The van der Waals surface area contributed by atoms with Crippen molar-refractivity contribution < 1.29 is 0 Å². The molecule has 92 valence electrons. The largest absolute Gasteiger partial charge is 0.346 e. The van der Waals surface area contributed by atoms with Crippen LogP contribution >= 0.6 is 11.6 Å². The van der Waals surface area contributed by atoms with Gasteiger partial charge in [-0.25, -0.2) is 4.98 Å². The lowest BCUT2D eigenvalue weighted by atomic mass is 10.3. The third-order valence-corrected chi connectivity index (χ3v) is 3.05. The number of nitrogens with zero attached hydrogens (tertiary/aromatic N) is 2. The second-order valence-electron chi connectivity index (χ2n) is 3.94. The summed E-state index contributed by atoms with van der Waals surface area (Å²) in [5, 5.41) is 1.09. The number of aromatic amines is 1. The molecule has 5 heteroatoms. The molecule has 0 unspecified atom stereocenters. The number of hydrogen-bond donors (Lipinski definition) is 1. The van der Waals surface area contributed by atoms with Crippen molar-refractivity contribution in [2.75, 3.05) is 0 Å². The first-order valence-corrected chi connectivity index (χ1v) is 5.91. The molecule has 0 radical (unpaired) electrons. The highest BCUT2D eigenvalue weighted by molar-refractivity contribution is 6.30. The third-order valence-electron chi connectivity index (χ3n) is 2.80. The van der Waals surface area contributed by atoms with Crippen LogP contribution in [0.15, 0.2) is 41.3 Å². The van der Waals surface area contributed by atoms with E-state index in [1.165, 1.54) is 4.57 Å². The first kappa shape index (κ1) is 11.6. The maximum Gasteiger partial charge on any atom is 0.268 e. The quantitative estimate of drug-likeness (QED) is 0.690. The Morgan fingerprint density at radius 3 is 2.68 bits per heavy atom. The van der Waals surface area contributed by atoms with Gasteiger partial charge in [-0.15, -0.1) is 6.42 Å². The molecule has 0 aliphatic rings. The van der Waals surface area contributed by atoms with E-state index in [2.05, 4.69) is 15.9 Å². The topological polar surface area (TPSA) is 50.7 Å². The number of nitrogens with one attached hydrogen (secondary N) is 1. The van der Waals surface area contributed by atoms with Crippen LogP contribution < -0.4 is 5.56 Å². The monoisotopic (exact) mass is 269 g/mol. The molecule has 0 aliphatic heterocycles. The number of hydrogen-bond acceptors (Lipinski definition) is 2. The average molecular weight is 270 g/mol. The fourth-order valence-electron chi connectivity index (χ4n) is 1.92. The van der Waals surface area contributed by atoms with Gasteiger partial charge < -0.3 is 4.98 Å². The van der Waals surface area contributed by atoms with Crippen LogP contribution in [0.3, 0.4) is 0 Å². The Hall–Kier alpha value is -2.51. The fourth-order valence-corrected chi connectivity index (χ4v) is 2.05. The molecule has 0 saturated heterocycles. The molecule has 0 saturated carbocycles. The lowest BCUT2D eigenvalue weighted by Gasteiger charge is -2.08. The molecule has 2 aromatic heterocycles. The molecule has 4 nitrogen and oxygen atoms in total. The SMILES string of the molecule is C#Cc1nc2[nH]ccc2c(=O)n1-c1ccc(Cl)cc1. The molecule has 19 heavy (non-hydrogen) atoms. The predicted octanol–water partition coefficient (Wildman–Crippen LogP) is 2.35. The Balaban J connectivity index is 2.39. The van der Waals surface area contributed by atoms with Gasteiger partial charge in [0, 0.05) is 11.2 Å². The maximum atomic E-state index is 12.4. The van der Waals surface area contributed by atoms with Crippen molar-refractivity contribution >= 4 is 22.6 Å². The van der Waals surface area contributed by atoms with Gasteiger partial charge in [0.1, 0.15) is 5.65 Å². The van der Waals surface area contributed by atoms with E-state index in [4.69, 9.17) is 18.0 Å². The highest BCUT2D eigenvalue weighted by Crippen LogP contribution is 2.14. The van der Waals surface area contributed by atoms with Gasteiger partial charge in [-0.3, -0.25) is 9.36 Å². The number of H-pyrrole nitrogens is 1. The van der Waals surface area contributed by atoms with Gasteiger partial charge in [-0.05, 0) is 36.3 Å². The predicted molar refractivity (Wildman–Crippen MR) is 74.6 cm³/mol. The molecular weight excluding hydrogens is 262 g/mol. The average Bonchev–Trinajstić information content (AvgIpc) is 2.88. The Morgan fingerprint density at radius 1 is 1.26 bits per heavy atom. The van der Waals surface area contributed by atoms with Crippen LogP contribution in [0.5, 0.6) is 0 Å². The molecule has 1 aromatic carbocycles. The van der Waals surface area contributed by atoms with Crippen LogP contribution in [0.1, 0.15) is 5.82 Å². The molecule has 0 aliphatic carbocycles. The maximum absolute atomic E-state index is 12.4. The van der Waals surface area contributed by atoms with Crippen LogP contribution in [-0.2, 0) is 0 Å². The molecule has 3 rings (SSSR count). The van der Waals surface area contributed by atoms with Crippen LogP contribution in [0.25, 0.3) is 16.7 Å². The highest BCUT2D eigenvalue weighted by Gasteiger charge is 2.11. The Kier molecular flexibility index (Phi) is 2.62. The summed E-state index contributed by atoms with van der Waals surface area (Å²) in [7, 11) is 0. The van der Waals surface area contributed by atoms with Crippen molar-refractivity contribution in [1.82, 2.24) is 14.5 Å². The molecular formula is C14H8ClN3O. The van der Waals surface area contributed by atoms with E-state index in [1.807, 2.05) is 0 Å². The summed E-state index contributed by atoms with van der Waals surface area (Å²) in [6.07, 6.45) is 7.09. The van der Waals surface area contributed by atoms with Gasteiger partial charge in [0.2, 0.25) is 0 Å². The molecule has 3 aromatic rings. The minimum absolute atomic E-state index is 0.207. The Labute approximate surface area is 113 Å². The number of rotatable bonds is 1. The summed E-state index contributed by atoms with van der Waals surface area (Å²) < 4.78 is 1.40. The smallest absolute Gasteiger partial charge is 0.268 e. The van der Waals surface area contributed by atoms with Gasteiger partial charge in [0.15, 0.2) is 5.82 Å². The van der Waals surface area contributed by atoms with E-state index in [1.54, 1.807) is 36.5 Å². The van der Waals surface area contributed by atoms with Crippen molar-refractivity contribution in [2.24, 2.45) is 0 Å². The first-order chi connectivity index (χ1) is 9.20. The summed E-state index contributed by atoms with van der Waals surface area (Å²) in [5.41, 5.74) is 0.919. The van der Waals surface area contributed by atoms with Crippen LogP contribution in [0.2, 0.25) is 5.02 Å². The third kappa shape index (κ3) is 1.81. The summed E-state index contributed by atoms with van der Waals surface area (Å²) in [4.78, 5) is 19.6. The minimum atomic E-state index is -0.207. The zero-order valence-corrected chi connectivity index (χ0v) is 10.5. The highest BCUT2D eigenvalue weighted by atomic mass is 35.5. The summed E-state index contributed by atoms with van der Waals surface area (Å²) in [5.74, 6) is 2.68. The minimum Gasteiger partial charge on any atom is -0.346 e. The molecule has 1 N–H and O–H groups in total. The van der Waals surface area contributed by atoms with Crippen molar-refractivity contribution in [3.63, 3.8) is 0 Å². The molecule has 0 atom stereocenters. The van der Waals surface area contributed by atoms with Crippen molar-refractivity contribution in [3.8, 4) is 18.0 Å². The van der Waals surface area contributed by atoms with E-state index < -0.39 is 0 Å². The van der Waals surface area contributed by atoms with Crippen molar-refractivity contribution in [1.29, 1.82) is 0 Å². The summed E-state index contributed by atoms with van der Waals surface area (Å²) in [6.45, 7) is 0. The Morgan fingerprint density at radius 2 is 2.00 bits per heavy atom. The lowest BCUT2D eigenvalue weighted by molar-refractivity contribution is 0.936. The van der Waals surface area contributed by atoms with Crippen LogP contribution in [0.4, 0.5) is 0 Å². The Bertz CT molecular complexity index is 853. The second-order valence-corrected chi connectivity index (χ2v) is 4.37. The van der Waals surface area contributed by atoms with E-state index >= 15 is 0 Å². The van der Waals surface area contributed by atoms with Gasteiger partial charge in [0.05, 0.1) is 11.1 Å². The zero-order chi connectivity index (χ0) is 13.4. The van der Waals surface area contributed by atoms with Crippen molar-refractivity contribution in [2.45, 2.75) is 0 Å². The van der Waals surface area contributed by atoms with Crippen molar-refractivity contribution in [3.05, 3.63) is 57.7 Å². The van der Waals surface area contributed by atoms with E-state index in [-0.39, 0.29) is 11.4 Å². The molecule has 2 heterocycles. The van der Waals surface area contributed by atoms with Gasteiger partial charge >= 0.3 is 0 Å². The molecule has 0 bridgehead atoms. The summed E-state index contributed by atoms with van der Waals surface area (Å²) >= 11 is 5.84. The van der Waals surface area contributed by atoms with Crippen LogP contribution in [0, 0.1) is 12.3 Å². The number of aromatic nitrogens is 3. The number of fused-ring (bicyclic) bond motifs is 1. The van der Waals surface area contributed by atoms with Crippen LogP contribution in [-0.4, -0.2) is 14.5 Å². The number of halogens is 1. The van der Waals surface area contributed by atoms with E-state index in [0.29, 0.717) is 21.7 Å². The normalized spacial score (nSPS) is 10.5. The zero-order valence-electron chi connectivity index (χ0n) is 9.72. The number of terminal acetylenes is 1. The standard InChI is InChI=1S/C14H8ClN3O/c1-2-12-17-13-11(7-8-16-13)14(19)18(12)10-5-3-9(15)4-6-10/h1,3-8,16H. The van der Waals surface area contributed by atoms with Gasteiger partial charge in [0.25, 0.3) is 5.56 Å². The van der Waals surface area contributed by atoms with Gasteiger partial charge in [-0.1, -0.05) is 11.6 Å². The summed E-state index contributed by atoms with van der Waals surface area (Å²) in [6, 6.07) is 8.53. The second kappa shape index (κ2) is 4.30. The molecule has 0 amide bonds. The van der Waals surface area contributed by atoms with E-state index in [9.17, 15) is 4.79 Å². The molecule has 0 spiro atoms. The molecule has 0 fully saturated rings. The fraction of sp³-hybridized carbons (Fsp3) is 0. The number of benzene rings is 1. The van der Waals surface area contributed by atoms with Gasteiger partial charge in [-0.2, -0.15) is 0 Å².